The summed E-state index contributed by atoms with van der Waals surface area (Å²) in [6.45, 7) is 3.28. The molecule has 1 aromatic rings. The third kappa shape index (κ3) is 5.59. The largest absolute Gasteiger partial charge is 0.481 e. The highest BCUT2D eigenvalue weighted by atomic mass is 19.1. The molecule has 2 heterocycles. The fraction of sp³-hybridized carbons (Fsp3) is 0.545. The van der Waals surface area contributed by atoms with E-state index < -0.39 is 36.8 Å². The van der Waals surface area contributed by atoms with Crippen LogP contribution in [0.25, 0.3) is 0 Å². The highest BCUT2D eigenvalue weighted by Gasteiger charge is 2.30. The van der Waals surface area contributed by atoms with Gasteiger partial charge >= 0.3 is 5.97 Å². The smallest absolute Gasteiger partial charge is 0.305 e. The minimum Gasteiger partial charge on any atom is -0.481 e. The van der Waals surface area contributed by atoms with Crippen molar-refractivity contribution in [1.29, 1.82) is 0 Å². The predicted octanol–water partition coefficient (Wildman–Crippen LogP) is 1.77. The van der Waals surface area contributed by atoms with E-state index >= 15 is 0 Å². The van der Waals surface area contributed by atoms with Crippen molar-refractivity contribution in [2.24, 2.45) is 5.92 Å². The molecule has 2 amide bonds. The average Bonchev–Trinajstić information content (AvgIpc) is 3.35. The lowest BCUT2D eigenvalue weighted by molar-refractivity contribution is -0.140. The lowest BCUT2D eigenvalue weighted by Gasteiger charge is -2.21. The molecule has 1 saturated heterocycles. The number of carbonyl (C=O) groups is 4. The van der Waals surface area contributed by atoms with Crippen molar-refractivity contribution in [2.45, 2.75) is 45.2 Å². The molecular weight excluding hydrogens is 405 g/mol. The van der Waals surface area contributed by atoms with Crippen LogP contribution in [0.15, 0.2) is 18.2 Å². The summed E-state index contributed by atoms with van der Waals surface area (Å²) in [5.74, 6) is -3.10. The molecule has 1 aromatic carbocycles. The summed E-state index contributed by atoms with van der Waals surface area (Å²) in [5.41, 5.74) is 2.71. The zero-order valence-corrected chi connectivity index (χ0v) is 17.6. The van der Waals surface area contributed by atoms with Gasteiger partial charge in [0.2, 0.25) is 5.91 Å². The third-order valence-corrected chi connectivity index (χ3v) is 5.74. The van der Waals surface area contributed by atoms with E-state index in [1.165, 1.54) is 0 Å². The normalized spacial score (nSPS) is 17.4. The number of benzene rings is 1. The number of Topliss-reactive ketones (excluding diaryl/α,β-unsaturated/α-hetero) is 1. The van der Waals surface area contributed by atoms with Crippen LogP contribution in [-0.4, -0.2) is 65.9 Å². The first kappa shape index (κ1) is 22.7. The van der Waals surface area contributed by atoms with Gasteiger partial charge < -0.3 is 20.2 Å². The third-order valence-electron chi connectivity index (χ3n) is 5.74. The fourth-order valence-electron chi connectivity index (χ4n) is 4.19. The minimum absolute atomic E-state index is 0.00512. The maximum atomic E-state index is 12.9. The lowest BCUT2D eigenvalue weighted by atomic mass is 10.1. The Labute approximate surface area is 180 Å². The Morgan fingerprint density at radius 1 is 1.19 bits per heavy atom. The topological polar surface area (TPSA) is 107 Å². The quantitative estimate of drug-likeness (QED) is 0.582. The van der Waals surface area contributed by atoms with Crippen LogP contribution in [-0.2, 0) is 20.9 Å². The number of aliphatic carboxylic acids is 1. The summed E-state index contributed by atoms with van der Waals surface area (Å²) < 4.78 is 12.6. The van der Waals surface area contributed by atoms with Crippen LogP contribution in [0.1, 0.15) is 48.5 Å². The Bertz CT molecular complexity index is 869. The number of carboxylic acids is 1. The Morgan fingerprint density at radius 3 is 2.55 bits per heavy atom. The first-order valence-corrected chi connectivity index (χ1v) is 10.6. The van der Waals surface area contributed by atoms with E-state index in [1.54, 1.807) is 11.8 Å². The molecule has 0 spiro atoms. The summed E-state index contributed by atoms with van der Waals surface area (Å²) in [6, 6.07) is 4.59. The average molecular weight is 433 g/mol. The van der Waals surface area contributed by atoms with Gasteiger partial charge in [-0.15, -0.1) is 0 Å². The van der Waals surface area contributed by atoms with Gasteiger partial charge in [0.1, 0.15) is 12.7 Å². The molecule has 1 fully saturated rings. The van der Waals surface area contributed by atoms with Crippen LogP contribution in [0.4, 0.5) is 10.1 Å². The van der Waals surface area contributed by atoms with Crippen LogP contribution in [0, 0.1) is 5.92 Å². The molecule has 0 radical (unpaired) electrons. The van der Waals surface area contributed by atoms with Crippen molar-refractivity contribution in [3.05, 3.63) is 29.3 Å². The molecule has 9 heteroatoms. The van der Waals surface area contributed by atoms with Crippen molar-refractivity contribution < 1.29 is 28.7 Å². The highest BCUT2D eigenvalue weighted by molar-refractivity contribution is 5.99. The van der Waals surface area contributed by atoms with Gasteiger partial charge in [0.25, 0.3) is 5.91 Å². The number of alkyl halides is 1. The molecule has 0 aromatic heterocycles. The molecule has 0 bridgehead atoms. The zero-order chi connectivity index (χ0) is 22.5. The second-order valence-corrected chi connectivity index (χ2v) is 8.35. The van der Waals surface area contributed by atoms with Gasteiger partial charge in [-0.05, 0) is 36.5 Å². The number of nitrogens with zero attached hydrogens (tertiary/aromatic N) is 2. The van der Waals surface area contributed by atoms with Crippen LogP contribution in [0.3, 0.4) is 0 Å². The number of halogens is 1. The van der Waals surface area contributed by atoms with E-state index in [1.807, 2.05) is 18.2 Å². The molecule has 0 aliphatic carbocycles. The van der Waals surface area contributed by atoms with Gasteiger partial charge in [0.15, 0.2) is 5.78 Å². The maximum absolute atomic E-state index is 12.9. The monoisotopic (exact) mass is 433 g/mol. The number of amides is 2. The van der Waals surface area contributed by atoms with E-state index in [-0.39, 0.29) is 18.2 Å². The molecule has 2 atom stereocenters. The summed E-state index contributed by atoms with van der Waals surface area (Å²) in [5, 5.41) is 11.1. The number of hydrogen-bond acceptors (Lipinski definition) is 5. The van der Waals surface area contributed by atoms with E-state index in [2.05, 4.69) is 10.2 Å². The molecule has 1 unspecified atom stereocenters. The number of anilines is 1. The number of carboxylic acid groups (broad SMARTS) is 1. The fourth-order valence-corrected chi connectivity index (χ4v) is 4.19. The summed E-state index contributed by atoms with van der Waals surface area (Å²) >= 11 is 0. The van der Waals surface area contributed by atoms with Crippen molar-refractivity contribution >= 4 is 29.3 Å². The lowest BCUT2D eigenvalue weighted by Crippen LogP contribution is -2.44. The van der Waals surface area contributed by atoms with Gasteiger partial charge in [-0.3, -0.25) is 19.2 Å². The first-order valence-electron chi connectivity index (χ1n) is 10.6. The van der Waals surface area contributed by atoms with E-state index in [4.69, 9.17) is 5.11 Å². The first-order chi connectivity index (χ1) is 14.8. The standard InChI is InChI=1S/C22H28FN3O5/c1-14(8-20(28)24-18(10-21(29)30)19(27)11-23)12-26-13-15-4-5-16(9-17(15)22(26)31)25-6-2-3-7-25/h4-5,9,14,18H,2-3,6-8,10-13H2,1H3,(H,24,28)(H,29,30)/t14-,18?/m0/s1. The van der Waals surface area contributed by atoms with Gasteiger partial charge in [0, 0.05) is 43.9 Å². The molecule has 2 aliphatic heterocycles. The Hall–Kier alpha value is -2.97. The Kier molecular flexibility index (Phi) is 7.25. The van der Waals surface area contributed by atoms with E-state index in [0.29, 0.717) is 18.7 Å². The van der Waals surface area contributed by atoms with Gasteiger partial charge in [-0.25, -0.2) is 4.39 Å². The zero-order valence-electron chi connectivity index (χ0n) is 17.6. The second kappa shape index (κ2) is 9.89. The van der Waals surface area contributed by atoms with E-state index in [9.17, 15) is 23.6 Å². The maximum Gasteiger partial charge on any atom is 0.305 e. The molecule has 0 saturated carbocycles. The molecule has 2 aliphatic rings. The Balaban J connectivity index is 1.55. The second-order valence-electron chi connectivity index (χ2n) is 8.35. The number of carbonyl (C=O) groups excluding carboxylic acids is 3. The number of rotatable bonds is 10. The summed E-state index contributed by atoms with van der Waals surface area (Å²) in [6.07, 6.45) is 1.64. The number of fused-ring (bicyclic) bond motifs is 1. The van der Waals surface area contributed by atoms with Crippen LogP contribution in [0.2, 0.25) is 0 Å². The molecule has 31 heavy (non-hydrogen) atoms. The number of ketones is 1. The summed E-state index contributed by atoms with van der Waals surface area (Å²) in [7, 11) is 0. The van der Waals surface area contributed by atoms with Gasteiger partial charge in [0.05, 0.1) is 6.42 Å². The predicted molar refractivity (Wildman–Crippen MR) is 112 cm³/mol. The Morgan fingerprint density at radius 2 is 1.90 bits per heavy atom. The van der Waals surface area contributed by atoms with Crippen molar-refractivity contribution in [3.8, 4) is 0 Å². The SMILES string of the molecule is C[C@@H](CC(=O)NC(CC(=O)O)C(=O)CF)CN1Cc2ccc(N3CCCC3)cc2C1=O. The molecule has 168 valence electrons. The van der Waals surface area contributed by atoms with Crippen molar-refractivity contribution in [3.63, 3.8) is 0 Å². The molecule has 3 rings (SSSR count). The van der Waals surface area contributed by atoms with Crippen LogP contribution in [0.5, 0.6) is 0 Å². The van der Waals surface area contributed by atoms with Crippen LogP contribution < -0.4 is 10.2 Å². The van der Waals surface area contributed by atoms with E-state index in [0.717, 1.165) is 37.2 Å². The molecule has 8 nitrogen and oxygen atoms in total. The molecular formula is C22H28FN3O5. The van der Waals surface area contributed by atoms with Crippen LogP contribution >= 0.6 is 0 Å². The van der Waals surface area contributed by atoms with Crippen molar-refractivity contribution in [2.75, 3.05) is 31.2 Å². The highest BCUT2D eigenvalue weighted by Crippen LogP contribution is 2.29. The number of nitrogens with one attached hydrogen (secondary N) is 1. The number of hydrogen-bond donors (Lipinski definition) is 2. The van der Waals surface area contributed by atoms with Crippen molar-refractivity contribution in [1.82, 2.24) is 10.2 Å². The molecule has 2 N–H and O–H groups in total. The van der Waals surface area contributed by atoms with Gasteiger partial charge in [-0.1, -0.05) is 13.0 Å². The minimum atomic E-state index is -1.39. The summed E-state index contributed by atoms with van der Waals surface area (Å²) in [4.78, 5) is 51.4. The van der Waals surface area contributed by atoms with Gasteiger partial charge in [-0.2, -0.15) is 0 Å².